The number of nitrogens with one attached hydrogen (secondary N) is 2. The molecule has 5 N–H and O–H groups in total. The number of rotatable bonds is 8. The molecule has 1 atom stereocenters. The maximum absolute atomic E-state index is 11.9. The molecule has 6 nitrogen and oxygen atoms in total. The average Bonchev–Trinajstić information content (AvgIpc) is 2.45. The highest BCUT2D eigenvalue weighted by molar-refractivity contribution is 5.94. The van der Waals surface area contributed by atoms with Crippen molar-refractivity contribution >= 4 is 11.9 Å². The summed E-state index contributed by atoms with van der Waals surface area (Å²) >= 11 is 0. The van der Waals surface area contributed by atoms with Crippen molar-refractivity contribution in [1.82, 2.24) is 10.6 Å². The van der Waals surface area contributed by atoms with Gasteiger partial charge in [-0.15, -0.1) is 0 Å². The number of hydrogen-bond donors (Lipinski definition) is 4. The highest BCUT2D eigenvalue weighted by Crippen LogP contribution is 2.08. The fraction of sp³-hybridized carbons (Fsp3) is 0.429. The maximum atomic E-state index is 11.9. The first-order valence-electron chi connectivity index (χ1n) is 6.55. The van der Waals surface area contributed by atoms with Crippen LogP contribution in [0, 0.1) is 0 Å². The van der Waals surface area contributed by atoms with E-state index >= 15 is 0 Å². The Morgan fingerprint density at radius 3 is 2.75 bits per heavy atom. The molecule has 0 saturated heterocycles. The Bertz CT molecular complexity index is 463. The second-order valence-electron chi connectivity index (χ2n) is 4.48. The van der Waals surface area contributed by atoms with Crippen LogP contribution in [0.25, 0.3) is 0 Å². The predicted octanol–water partition coefficient (Wildman–Crippen LogP) is -0.0197. The first-order chi connectivity index (χ1) is 9.58. The zero-order valence-electron chi connectivity index (χ0n) is 11.6. The van der Waals surface area contributed by atoms with E-state index in [-0.39, 0.29) is 5.91 Å². The normalized spacial score (nSPS) is 11.9. The molecule has 0 aliphatic heterocycles. The summed E-state index contributed by atoms with van der Waals surface area (Å²) in [7, 11) is 1.60. The van der Waals surface area contributed by atoms with Crippen LogP contribution in [0.5, 0.6) is 0 Å². The summed E-state index contributed by atoms with van der Waals surface area (Å²) in [6, 6.07) is 6.32. The lowest BCUT2D eigenvalue weighted by atomic mass is 10.0. The largest absolute Gasteiger partial charge is 0.480 e. The molecule has 0 bridgehead atoms. The van der Waals surface area contributed by atoms with Gasteiger partial charge in [0.15, 0.2) is 0 Å². The number of carboxylic acids is 1. The molecule has 0 fully saturated rings. The van der Waals surface area contributed by atoms with Crippen molar-refractivity contribution in [3.63, 3.8) is 0 Å². The van der Waals surface area contributed by atoms with E-state index in [0.29, 0.717) is 25.1 Å². The van der Waals surface area contributed by atoms with Gasteiger partial charge in [0.2, 0.25) is 0 Å². The molecule has 1 aromatic rings. The fourth-order valence-electron chi connectivity index (χ4n) is 1.79. The van der Waals surface area contributed by atoms with Crippen LogP contribution in [0.2, 0.25) is 0 Å². The van der Waals surface area contributed by atoms with E-state index in [4.69, 9.17) is 10.8 Å². The molecular weight excluding hydrogens is 258 g/mol. The molecule has 110 valence electrons. The summed E-state index contributed by atoms with van der Waals surface area (Å²) in [4.78, 5) is 22.9. The van der Waals surface area contributed by atoms with Gasteiger partial charge in [0, 0.05) is 12.1 Å². The van der Waals surface area contributed by atoms with E-state index in [1.54, 1.807) is 25.2 Å². The van der Waals surface area contributed by atoms with Crippen molar-refractivity contribution in [2.75, 3.05) is 20.1 Å². The predicted molar refractivity (Wildman–Crippen MR) is 76.6 cm³/mol. The third-order valence-electron chi connectivity index (χ3n) is 2.94. The molecule has 20 heavy (non-hydrogen) atoms. The summed E-state index contributed by atoms with van der Waals surface area (Å²) < 4.78 is 0. The first-order valence-corrected chi connectivity index (χ1v) is 6.55. The van der Waals surface area contributed by atoms with Crippen LogP contribution in [-0.2, 0) is 11.2 Å². The van der Waals surface area contributed by atoms with Crippen LogP contribution in [0.1, 0.15) is 22.3 Å². The zero-order chi connectivity index (χ0) is 15.0. The van der Waals surface area contributed by atoms with E-state index in [9.17, 15) is 9.59 Å². The molecule has 1 rings (SSSR count). The van der Waals surface area contributed by atoms with Gasteiger partial charge in [-0.05, 0) is 44.1 Å². The number of likely N-dealkylation sites (N-methyl/N-ethyl adjacent to an activating group) is 1. The topological polar surface area (TPSA) is 104 Å². The molecular formula is C14H21N3O3. The lowest BCUT2D eigenvalue weighted by Crippen LogP contribution is -2.35. The Kier molecular flexibility index (Phi) is 6.69. The van der Waals surface area contributed by atoms with Crippen LogP contribution >= 0.6 is 0 Å². The third-order valence-corrected chi connectivity index (χ3v) is 2.94. The number of hydrogen-bond acceptors (Lipinski definition) is 4. The van der Waals surface area contributed by atoms with E-state index in [1.807, 2.05) is 6.07 Å². The number of carboxylic acid groups (broad SMARTS) is 1. The number of benzene rings is 1. The van der Waals surface area contributed by atoms with Crippen molar-refractivity contribution in [1.29, 1.82) is 0 Å². The average molecular weight is 279 g/mol. The number of aliphatic carboxylic acids is 1. The molecule has 1 amide bonds. The van der Waals surface area contributed by atoms with E-state index in [0.717, 1.165) is 12.0 Å². The van der Waals surface area contributed by atoms with Crippen molar-refractivity contribution < 1.29 is 14.7 Å². The molecule has 0 spiro atoms. The Morgan fingerprint density at radius 1 is 1.40 bits per heavy atom. The second kappa shape index (κ2) is 8.29. The Hall–Kier alpha value is -1.92. The smallest absolute Gasteiger partial charge is 0.321 e. The fourth-order valence-corrected chi connectivity index (χ4v) is 1.79. The van der Waals surface area contributed by atoms with E-state index in [2.05, 4.69) is 10.6 Å². The Labute approximate surface area is 118 Å². The molecule has 0 radical (unpaired) electrons. The van der Waals surface area contributed by atoms with E-state index in [1.165, 1.54) is 0 Å². The summed E-state index contributed by atoms with van der Waals surface area (Å²) in [6.07, 6.45) is 1.06. The van der Waals surface area contributed by atoms with Crippen LogP contribution in [0.3, 0.4) is 0 Å². The molecule has 0 unspecified atom stereocenters. The quantitative estimate of drug-likeness (QED) is 0.501. The molecule has 6 heteroatoms. The van der Waals surface area contributed by atoms with Gasteiger partial charge in [-0.1, -0.05) is 12.1 Å². The molecule has 0 saturated carbocycles. The van der Waals surface area contributed by atoms with Crippen LogP contribution < -0.4 is 16.4 Å². The third kappa shape index (κ3) is 4.99. The minimum absolute atomic E-state index is 0.170. The first kappa shape index (κ1) is 16.1. The highest BCUT2D eigenvalue weighted by Gasteiger charge is 2.16. The number of nitrogens with two attached hydrogens (primary N) is 1. The summed E-state index contributed by atoms with van der Waals surface area (Å²) in [6.45, 7) is 1.07. The molecule has 0 aliphatic carbocycles. The molecule has 1 aromatic carbocycles. The van der Waals surface area contributed by atoms with Gasteiger partial charge in [-0.2, -0.15) is 0 Å². The number of carbonyl (C=O) groups is 2. The lowest BCUT2D eigenvalue weighted by molar-refractivity contribution is -0.139. The van der Waals surface area contributed by atoms with Crippen molar-refractivity contribution in [3.05, 3.63) is 35.4 Å². The van der Waals surface area contributed by atoms with Crippen molar-refractivity contribution in [2.45, 2.75) is 18.9 Å². The Morgan fingerprint density at radius 2 is 2.15 bits per heavy atom. The van der Waals surface area contributed by atoms with Gasteiger partial charge in [-0.3, -0.25) is 9.59 Å². The van der Waals surface area contributed by atoms with Crippen LogP contribution in [-0.4, -0.2) is 43.2 Å². The standard InChI is InChI=1S/C14H21N3O3/c1-16-12(14(19)20)9-10-4-2-5-11(8-10)13(18)17-7-3-6-15/h2,4-5,8,12,16H,3,6-7,9,15H2,1H3,(H,17,18)(H,19,20)/t12-/m0/s1. The van der Waals surface area contributed by atoms with Crippen LogP contribution in [0.15, 0.2) is 24.3 Å². The van der Waals surface area contributed by atoms with Crippen molar-refractivity contribution in [2.24, 2.45) is 5.73 Å². The van der Waals surface area contributed by atoms with Gasteiger partial charge >= 0.3 is 5.97 Å². The number of amides is 1. The van der Waals surface area contributed by atoms with Gasteiger partial charge < -0.3 is 21.5 Å². The van der Waals surface area contributed by atoms with Gasteiger partial charge in [0.05, 0.1) is 0 Å². The Balaban J connectivity index is 2.70. The highest BCUT2D eigenvalue weighted by atomic mass is 16.4. The van der Waals surface area contributed by atoms with E-state index < -0.39 is 12.0 Å². The summed E-state index contributed by atoms with van der Waals surface area (Å²) in [5.41, 5.74) is 6.69. The van der Waals surface area contributed by atoms with Gasteiger partial charge in [0.1, 0.15) is 6.04 Å². The zero-order valence-corrected chi connectivity index (χ0v) is 11.6. The minimum atomic E-state index is -0.912. The van der Waals surface area contributed by atoms with Gasteiger partial charge in [-0.25, -0.2) is 0 Å². The van der Waals surface area contributed by atoms with Crippen molar-refractivity contribution in [3.8, 4) is 0 Å². The van der Waals surface area contributed by atoms with Crippen LogP contribution in [0.4, 0.5) is 0 Å². The maximum Gasteiger partial charge on any atom is 0.321 e. The summed E-state index contributed by atoms with van der Waals surface area (Å²) in [5.74, 6) is -1.08. The monoisotopic (exact) mass is 279 g/mol. The molecule has 0 aromatic heterocycles. The lowest BCUT2D eigenvalue weighted by Gasteiger charge is -2.12. The van der Waals surface area contributed by atoms with Gasteiger partial charge in [0.25, 0.3) is 5.91 Å². The second-order valence-corrected chi connectivity index (χ2v) is 4.48. The molecule has 0 aliphatic rings. The SMILES string of the molecule is CN[C@@H](Cc1cccc(C(=O)NCCCN)c1)C(=O)O. The minimum Gasteiger partial charge on any atom is -0.480 e. The molecule has 0 heterocycles. The number of carbonyl (C=O) groups excluding carboxylic acids is 1. The summed E-state index contributed by atoms with van der Waals surface area (Å²) in [5, 5.41) is 14.5.